The van der Waals surface area contributed by atoms with Crippen molar-refractivity contribution in [3.05, 3.63) is 87.2 Å². The Morgan fingerprint density at radius 3 is 2.66 bits per heavy atom. The molecule has 1 fully saturated rings. The number of amides is 1. The molecule has 1 aliphatic heterocycles. The van der Waals surface area contributed by atoms with Gasteiger partial charge >= 0.3 is 0 Å². The largest absolute Gasteiger partial charge is 0.489 e. The van der Waals surface area contributed by atoms with Crippen molar-refractivity contribution in [2.45, 2.75) is 50.3 Å². The molecule has 5 nitrogen and oxygen atoms in total. The number of nitrogens with one attached hydrogen (secondary N) is 1. The lowest BCUT2D eigenvalue weighted by atomic mass is 10.1. The molecule has 5 rings (SSSR count). The molecule has 1 atom stereocenters. The van der Waals surface area contributed by atoms with E-state index in [1.165, 1.54) is 11.1 Å². The number of hydrogen-bond donors (Lipinski definition) is 1. The Bertz CT molecular complexity index is 1230. The number of fused-ring (bicyclic) bond motifs is 1. The molecule has 2 aliphatic rings. The highest BCUT2D eigenvalue weighted by molar-refractivity contribution is 7.99. The zero-order chi connectivity index (χ0) is 22.2. The Balaban J connectivity index is 1.44. The summed E-state index contributed by atoms with van der Waals surface area (Å²) in [4.78, 5) is 26.1. The van der Waals surface area contributed by atoms with Crippen LogP contribution in [0.1, 0.15) is 47.1 Å². The van der Waals surface area contributed by atoms with Gasteiger partial charge in [-0.05, 0) is 67.5 Å². The summed E-state index contributed by atoms with van der Waals surface area (Å²) in [5, 5.41) is 3.89. The molecular formula is C26H26N2O3S. The summed E-state index contributed by atoms with van der Waals surface area (Å²) in [7, 11) is 0. The highest BCUT2D eigenvalue weighted by Crippen LogP contribution is 2.48. The number of pyridine rings is 1. The number of thioether (sulfide) groups is 1. The van der Waals surface area contributed by atoms with Gasteiger partial charge in [0.25, 0.3) is 5.56 Å². The van der Waals surface area contributed by atoms with Crippen LogP contribution in [-0.4, -0.2) is 16.2 Å². The SMILES string of the molecule is Cc1cccc(OCc2cc(=O)n3c(c2C2CC2)SC[C@H]3C(=O)Nc2ccccc2)c1C. The molecule has 0 spiro atoms. The molecule has 2 heterocycles. The zero-order valence-electron chi connectivity index (χ0n) is 18.3. The van der Waals surface area contributed by atoms with Crippen molar-refractivity contribution in [1.29, 1.82) is 0 Å². The summed E-state index contributed by atoms with van der Waals surface area (Å²) in [6.45, 7) is 4.48. The van der Waals surface area contributed by atoms with Crippen LogP contribution in [0, 0.1) is 13.8 Å². The monoisotopic (exact) mass is 446 g/mol. The second-order valence-corrected chi connectivity index (χ2v) is 9.55. The minimum atomic E-state index is -0.505. The summed E-state index contributed by atoms with van der Waals surface area (Å²) < 4.78 is 7.85. The van der Waals surface area contributed by atoms with Crippen LogP contribution < -0.4 is 15.6 Å². The van der Waals surface area contributed by atoms with Gasteiger partial charge in [-0.2, -0.15) is 0 Å². The molecule has 32 heavy (non-hydrogen) atoms. The van der Waals surface area contributed by atoms with E-state index >= 15 is 0 Å². The number of hydrogen-bond acceptors (Lipinski definition) is 4. The van der Waals surface area contributed by atoms with Gasteiger partial charge in [0.1, 0.15) is 18.4 Å². The third-order valence-electron chi connectivity index (χ3n) is 6.29. The van der Waals surface area contributed by atoms with Gasteiger partial charge in [-0.1, -0.05) is 30.3 Å². The second kappa shape index (κ2) is 8.51. The van der Waals surface area contributed by atoms with Gasteiger partial charge in [-0.15, -0.1) is 11.8 Å². The quantitative estimate of drug-likeness (QED) is 0.565. The number of para-hydroxylation sites is 1. The van der Waals surface area contributed by atoms with E-state index in [0.29, 0.717) is 18.3 Å². The average Bonchev–Trinajstić information content (AvgIpc) is 3.52. The van der Waals surface area contributed by atoms with Crippen molar-refractivity contribution in [2.75, 3.05) is 11.1 Å². The van der Waals surface area contributed by atoms with Crippen LogP contribution >= 0.6 is 11.8 Å². The average molecular weight is 447 g/mol. The molecule has 164 valence electrons. The zero-order valence-corrected chi connectivity index (χ0v) is 19.1. The highest BCUT2D eigenvalue weighted by atomic mass is 32.2. The van der Waals surface area contributed by atoms with Crippen molar-refractivity contribution < 1.29 is 9.53 Å². The van der Waals surface area contributed by atoms with Gasteiger partial charge in [0, 0.05) is 23.1 Å². The lowest BCUT2D eigenvalue weighted by Crippen LogP contribution is -2.33. The molecule has 1 saturated carbocycles. The molecule has 2 aromatic carbocycles. The Morgan fingerprint density at radius 2 is 1.91 bits per heavy atom. The van der Waals surface area contributed by atoms with E-state index in [0.717, 1.165) is 40.4 Å². The number of aryl methyl sites for hydroxylation is 1. The molecular weight excluding hydrogens is 420 g/mol. The van der Waals surface area contributed by atoms with E-state index in [-0.39, 0.29) is 11.5 Å². The first-order valence-electron chi connectivity index (χ1n) is 11.0. The summed E-state index contributed by atoms with van der Waals surface area (Å²) in [6.07, 6.45) is 2.23. The number of carbonyl (C=O) groups excluding carboxylic acids is 1. The second-order valence-electron chi connectivity index (χ2n) is 8.54. The van der Waals surface area contributed by atoms with Crippen LogP contribution in [-0.2, 0) is 11.4 Å². The van der Waals surface area contributed by atoms with Crippen LogP contribution in [0.5, 0.6) is 5.75 Å². The van der Waals surface area contributed by atoms with E-state index in [9.17, 15) is 9.59 Å². The molecule has 0 saturated heterocycles. The van der Waals surface area contributed by atoms with E-state index in [1.807, 2.05) is 42.5 Å². The topological polar surface area (TPSA) is 60.3 Å². The molecule has 0 radical (unpaired) electrons. The van der Waals surface area contributed by atoms with Crippen LogP contribution in [0.4, 0.5) is 5.69 Å². The molecule has 3 aromatic rings. The summed E-state index contributed by atoms with van der Waals surface area (Å²) in [5.74, 6) is 1.71. The molecule has 6 heteroatoms. The minimum absolute atomic E-state index is 0.137. The molecule has 1 N–H and O–H groups in total. The van der Waals surface area contributed by atoms with E-state index < -0.39 is 6.04 Å². The van der Waals surface area contributed by atoms with Crippen molar-refractivity contribution in [2.24, 2.45) is 0 Å². The predicted octanol–water partition coefficient (Wildman–Crippen LogP) is 5.21. The van der Waals surface area contributed by atoms with Gasteiger partial charge in [0.15, 0.2) is 0 Å². The molecule has 1 amide bonds. The smallest absolute Gasteiger partial charge is 0.252 e. The maximum atomic E-state index is 13.1. The van der Waals surface area contributed by atoms with Crippen molar-refractivity contribution in [3.63, 3.8) is 0 Å². The maximum absolute atomic E-state index is 13.1. The van der Waals surface area contributed by atoms with Crippen molar-refractivity contribution in [3.8, 4) is 5.75 Å². The van der Waals surface area contributed by atoms with Crippen molar-refractivity contribution in [1.82, 2.24) is 4.57 Å². The molecule has 0 unspecified atom stereocenters. The fourth-order valence-corrected chi connectivity index (χ4v) is 5.67. The normalized spacial score (nSPS) is 17.1. The van der Waals surface area contributed by atoms with Gasteiger partial charge in [-0.3, -0.25) is 14.2 Å². The third kappa shape index (κ3) is 3.95. The minimum Gasteiger partial charge on any atom is -0.489 e. The van der Waals surface area contributed by atoms with Gasteiger partial charge in [0.05, 0.1) is 5.03 Å². The first kappa shape index (κ1) is 20.9. The summed E-state index contributed by atoms with van der Waals surface area (Å²) in [6, 6.07) is 16.6. The van der Waals surface area contributed by atoms with E-state index in [2.05, 4.69) is 25.2 Å². The third-order valence-corrected chi connectivity index (χ3v) is 7.46. The van der Waals surface area contributed by atoms with E-state index in [1.54, 1.807) is 22.4 Å². The number of nitrogens with zero attached hydrogens (tertiary/aromatic N) is 1. The number of carbonyl (C=O) groups is 1. The Morgan fingerprint density at radius 1 is 1.12 bits per heavy atom. The Labute approximate surface area is 191 Å². The number of aromatic nitrogens is 1. The summed E-state index contributed by atoms with van der Waals surface area (Å²) >= 11 is 1.61. The van der Waals surface area contributed by atoms with Crippen LogP contribution in [0.2, 0.25) is 0 Å². The predicted molar refractivity (Wildman–Crippen MR) is 128 cm³/mol. The molecule has 0 bridgehead atoms. The lowest BCUT2D eigenvalue weighted by molar-refractivity contribution is -0.118. The number of benzene rings is 2. The van der Waals surface area contributed by atoms with Crippen molar-refractivity contribution >= 4 is 23.4 Å². The highest BCUT2D eigenvalue weighted by Gasteiger charge is 2.37. The first-order valence-corrected chi connectivity index (χ1v) is 12.0. The Hall–Kier alpha value is -2.99. The van der Waals surface area contributed by atoms with Crippen LogP contribution in [0.15, 0.2) is 64.4 Å². The Kier molecular flexibility index (Phi) is 5.55. The van der Waals surface area contributed by atoms with Gasteiger partial charge in [-0.25, -0.2) is 0 Å². The molecule has 1 aromatic heterocycles. The number of anilines is 1. The van der Waals surface area contributed by atoms with Gasteiger partial charge < -0.3 is 10.1 Å². The molecule has 1 aliphatic carbocycles. The standard InChI is InChI=1S/C26H26N2O3S/c1-16-7-6-10-22(17(16)2)31-14-19-13-23(29)28-21(15-32-26(28)24(19)18-11-12-18)25(30)27-20-8-4-3-5-9-20/h3-10,13,18,21H,11-12,14-15H2,1-2H3,(H,27,30)/t21-/m0/s1. The lowest BCUT2D eigenvalue weighted by Gasteiger charge is -2.18. The fraction of sp³-hybridized carbons (Fsp3) is 0.308. The fourth-order valence-electron chi connectivity index (χ4n) is 4.24. The van der Waals surface area contributed by atoms with Gasteiger partial charge in [0.2, 0.25) is 5.91 Å². The number of rotatable bonds is 6. The summed E-state index contributed by atoms with van der Waals surface area (Å²) in [5.41, 5.74) is 5.04. The maximum Gasteiger partial charge on any atom is 0.252 e. The number of ether oxygens (including phenoxy) is 1. The van der Waals surface area contributed by atoms with Crippen LogP contribution in [0.3, 0.4) is 0 Å². The van der Waals surface area contributed by atoms with Crippen LogP contribution in [0.25, 0.3) is 0 Å². The van der Waals surface area contributed by atoms with E-state index in [4.69, 9.17) is 4.74 Å². The first-order chi connectivity index (χ1) is 15.5.